The van der Waals surface area contributed by atoms with Crippen LogP contribution in [0.2, 0.25) is 0 Å². The van der Waals surface area contributed by atoms with Crippen LogP contribution >= 0.6 is 0 Å². The molecule has 0 unspecified atom stereocenters. The van der Waals surface area contributed by atoms with Gasteiger partial charge in [0.2, 0.25) is 0 Å². The summed E-state index contributed by atoms with van der Waals surface area (Å²) in [4.78, 5) is 0. The quantitative estimate of drug-likeness (QED) is 0.594. The Hall–Kier alpha value is -2.43. The van der Waals surface area contributed by atoms with Crippen LogP contribution in [0.4, 0.5) is 5.69 Å². The fraction of sp³-hybridized carbons (Fsp3) is 0.0833. The van der Waals surface area contributed by atoms with Crippen LogP contribution in [0.1, 0.15) is 0 Å². The number of nitrogens with one attached hydrogen (secondary N) is 1. The number of hydrogen-bond donors (Lipinski definition) is 3. The van der Waals surface area contributed by atoms with E-state index in [-0.39, 0.29) is 5.75 Å². The molecule has 0 aliphatic heterocycles. The summed E-state index contributed by atoms with van der Waals surface area (Å²) >= 11 is 0. The molecule has 0 aliphatic carbocycles. The summed E-state index contributed by atoms with van der Waals surface area (Å²) < 4.78 is 1.95. The second kappa shape index (κ2) is 3.28. The molecular weight excluding hydrogens is 216 g/mol. The lowest BCUT2D eigenvalue weighted by Gasteiger charge is -1.98. The highest BCUT2D eigenvalue weighted by Gasteiger charge is 2.12. The number of aromatic hydroxyl groups is 1. The zero-order chi connectivity index (χ0) is 12.0. The zero-order valence-corrected chi connectivity index (χ0v) is 9.31. The van der Waals surface area contributed by atoms with Gasteiger partial charge in [0.1, 0.15) is 5.75 Å². The van der Waals surface area contributed by atoms with Crippen molar-refractivity contribution >= 4 is 16.6 Å². The number of fused-ring (bicyclic) bond motifs is 1. The number of aromatic nitrogens is 3. The SMILES string of the molecule is Cn1cc(-c2[nH]ncc2N)c2ccc(O)cc21. The van der Waals surface area contributed by atoms with Crippen LogP contribution in [0.15, 0.2) is 30.6 Å². The first-order valence-electron chi connectivity index (χ1n) is 5.24. The van der Waals surface area contributed by atoms with Gasteiger partial charge in [-0.1, -0.05) is 0 Å². The number of aromatic amines is 1. The van der Waals surface area contributed by atoms with Crippen molar-refractivity contribution in [2.75, 3.05) is 5.73 Å². The van der Waals surface area contributed by atoms with Crippen LogP contribution in [0, 0.1) is 0 Å². The topological polar surface area (TPSA) is 79.9 Å². The summed E-state index contributed by atoms with van der Waals surface area (Å²) in [6, 6.07) is 5.27. The van der Waals surface area contributed by atoms with Crippen molar-refractivity contribution in [2.24, 2.45) is 7.05 Å². The number of benzene rings is 1. The van der Waals surface area contributed by atoms with Crippen molar-refractivity contribution in [1.82, 2.24) is 14.8 Å². The molecule has 0 saturated carbocycles. The maximum atomic E-state index is 9.49. The Kier molecular flexibility index (Phi) is 1.89. The van der Waals surface area contributed by atoms with Crippen molar-refractivity contribution in [2.45, 2.75) is 0 Å². The Labute approximate surface area is 97.5 Å². The Morgan fingerprint density at radius 2 is 2.24 bits per heavy atom. The Balaban J connectivity index is 2.35. The van der Waals surface area contributed by atoms with E-state index in [9.17, 15) is 5.11 Å². The van der Waals surface area contributed by atoms with Gasteiger partial charge in [0, 0.05) is 30.3 Å². The Morgan fingerprint density at radius 1 is 1.41 bits per heavy atom. The second-order valence-corrected chi connectivity index (χ2v) is 4.06. The minimum atomic E-state index is 0.253. The lowest BCUT2D eigenvalue weighted by molar-refractivity contribution is 0.476. The molecule has 1 aromatic carbocycles. The third-order valence-corrected chi connectivity index (χ3v) is 2.91. The molecule has 0 radical (unpaired) electrons. The van der Waals surface area contributed by atoms with E-state index in [2.05, 4.69) is 10.2 Å². The highest BCUT2D eigenvalue weighted by atomic mass is 16.3. The number of nitrogens with two attached hydrogens (primary N) is 1. The van der Waals surface area contributed by atoms with Crippen LogP contribution in [0.5, 0.6) is 5.75 Å². The molecule has 0 spiro atoms. The summed E-state index contributed by atoms with van der Waals surface area (Å²) in [5, 5.41) is 17.3. The molecule has 17 heavy (non-hydrogen) atoms. The van der Waals surface area contributed by atoms with E-state index in [0.717, 1.165) is 22.2 Å². The van der Waals surface area contributed by atoms with E-state index in [0.29, 0.717) is 5.69 Å². The van der Waals surface area contributed by atoms with Crippen LogP contribution in [0.25, 0.3) is 22.2 Å². The van der Waals surface area contributed by atoms with Gasteiger partial charge >= 0.3 is 0 Å². The molecule has 5 heteroatoms. The van der Waals surface area contributed by atoms with E-state index in [1.165, 1.54) is 0 Å². The number of nitrogens with zero attached hydrogens (tertiary/aromatic N) is 2. The molecule has 0 aliphatic rings. The van der Waals surface area contributed by atoms with Crippen molar-refractivity contribution in [3.8, 4) is 17.0 Å². The van der Waals surface area contributed by atoms with Crippen LogP contribution in [-0.2, 0) is 7.05 Å². The molecule has 2 aromatic heterocycles. The third kappa shape index (κ3) is 1.36. The lowest BCUT2D eigenvalue weighted by Crippen LogP contribution is -1.85. The fourth-order valence-electron chi connectivity index (χ4n) is 2.08. The number of H-pyrrole nitrogens is 1. The Bertz CT molecular complexity index is 696. The molecule has 2 heterocycles. The molecular formula is C12H12N4O. The average Bonchev–Trinajstić information content (AvgIpc) is 2.84. The predicted molar refractivity (Wildman–Crippen MR) is 66.6 cm³/mol. The zero-order valence-electron chi connectivity index (χ0n) is 9.31. The number of rotatable bonds is 1. The molecule has 0 atom stereocenters. The highest BCUT2D eigenvalue weighted by Crippen LogP contribution is 2.33. The summed E-state index contributed by atoms with van der Waals surface area (Å²) in [5.41, 5.74) is 9.21. The van der Waals surface area contributed by atoms with Crippen molar-refractivity contribution < 1.29 is 5.11 Å². The lowest BCUT2D eigenvalue weighted by atomic mass is 10.1. The van der Waals surface area contributed by atoms with E-state index >= 15 is 0 Å². The number of aryl methyl sites for hydroxylation is 1. The number of phenols is 1. The largest absolute Gasteiger partial charge is 0.508 e. The maximum absolute atomic E-state index is 9.49. The molecule has 3 aromatic rings. The minimum Gasteiger partial charge on any atom is -0.508 e. The molecule has 0 amide bonds. The van der Waals surface area contributed by atoms with E-state index in [1.54, 1.807) is 18.3 Å². The first-order valence-corrected chi connectivity index (χ1v) is 5.24. The van der Waals surface area contributed by atoms with Crippen molar-refractivity contribution in [3.63, 3.8) is 0 Å². The molecule has 4 N–H and O–H groups in total. The first-order chi connectivity index (χ1) is 8.16. The van der Waals surface area contributed by atoms with Gasteiger partial charge in [-0.05, 0) is 12.1 Å². The highest BCUT2D eigenvalue weighted by molar-refractivity contribution is 5.98. The smallest absolute Gasteiger partial charge is 0.117 e. The van der Waals surface area contributed by atoms with Gasteiger partial charge < -0.3 is 15.4 Å². The molecule has 3 rings (SSSR count). The molecule has 86 valence electrons. The van der Waals surface area contributed by atoms with Gasteiger partial charge in [-0.15, -0.1) is 0 Å². The van der Waals surface area contributed by atoms with Crippen LogP contribution in [0.3, 0.4) is 0 Å². The number of phenolic OH excluding ortho intramolecular Hbond substituents is 1. The van der Waals surface area contributed by atoms with Gasteiger partial charge in [-0.25, -0.2) is 0 Å². The Morgan fingerprint density at radius 3 is 2.94 bits per heavy atom. The standard InChI is InChI=1S/C12H12N4O/c1-16-6-9(12-10(13)5-14-15-12)8-3-2-7(17)4-11(8)16/h2-6,17H,13H2,1H3,(H,14,15). The monoisotopic (exact) mass is 228 g/mol. The molecule has 5 nitrogen and oxygen atoms in total. The van der Waals surface area contributed by atoms with Gasteiger partial charge in [0.25, 0.3) is 0 Å². The molecule has 0 fully saturated rings. The minimum absolute atomic E-state index is 0.253. The van der Waals surface area contributed by atoms with Crippen LogP contribution < -0.4 is 5.73 Å². The normalized spacial score (nSPS) is 11.1. The number of hydrogen-bond acceptors (Lipinski definition) is 3. The summed E-state index contributed by atoms with van der Waals surface area (Å²) in [7, 11) is 1.93. The second-order valence-electron chi connectivity index (χ2n) is 4.06. The van der Waals surface area contributed by atoms with Gasteiger partial charge in [0.05, 0.1) is 23.1 Å². The summed E-state index contributed by atoms with van der Waals surface area (Å²) in [6.07, 6.45) is 3.56. The van der Waals surface area contributed by atoms with Gasteiger partial charge in [-0.3, -0.25) is 5.10 Å². The third-order valence-electron chi connectivity index (χ3n) is 2.91. The van der Waals surface area contributed by atoms with Gasteiger partial charge in [0.15, 0.2) is 0 Å². The van der Waals surface area contributed by atoms with Gasteiger partial charge in [-0.2, -0.15) is 5.10 Å². The first kappa shape index (κ1) is 9.77. The number of anilines is 1. The maximum Gasteiger partial charge on any atom is 0.117 e. The average molecular weight is 228 g/mol. The van der Waals surface area contributed by atoms with E-state index < -0.39 is 0 Å². The van der Waals surface area contributed by atoms with Crippen molar-refractivity contribution in [3.05, 3.63) is 30.6 Å². The fourth-order valence-corrected chi connectivity index (χ4v) is 2.08. The molecule has 0 bridgehead atoms. The molecule has 0 saturated heterocycles. The summed E-state index contributed by atoms with van der Waals surface area (Å²) in [6.45, 7) is 0. The van der Waals surface area contributed by atoms with Crippen LogP contribution in [-0.4, -0.2) is 19.9 Å². The number of nitrogen functional groups attached to an aromatic ring is 1. The predicted octanol–water partition coefficient (Wildman–Crippen LogP) is 1.86. The van der Waals surface area contributed by atoms with Crippen molar-refractivity contribution in [1.29, 1.82) is 0 Å². The van der Waals surface area contributed by atoms with E-state index in [1.807, 2.05) is 23.9 Å². The van der Waals surface area contributed by atoms with E-state index in [4.69, 9.17) is 5.73 Å². The summed E-state index contributed by atoms with van der Waals surface area (Å²) in [5.74, 6) is 0.253.